The Morgan fingerprint density at radius 2 is 1.58 bits per heavy atom. The third-order valence-electron chi connectivity index (χ3n) is 5.06. The Morgan fingerprint density at radius 3 is 2.26 bits per heavy atom. The van der Waals surface area contributed by atoms with Gasteiger partial charge in [0.1, 0.15) is 11.5 Å². The predicted octanol–water partition coefficient (Wildman–Crippen LogP) is 6.19. The van der Waals surface area contributed by atoms with E-state index in [0.717, 1.165) is 46.6 Å². The number of benzene rings is 3. The van der Waals surface area contributed by atoms with E-state index in [4.69, 9.17) is 14.2 Å². The second-order valence-electron chi connectivity index (χ2n) is 7.20. The first kappa shape index (κ1) is 22.2. The van der Waals surface area contributed by atoms with E-state index in [-0.39, 0.29) is 5.97 Å². The molecule has 0 aliphatic carbocycles. The van der Waals surface area contributed by atoms with Crippen molar-refractivity contribution >= 4 is 17.6 Å². The summed E-state index contributed by atoms with van der Waals surface area (Å²) in [5.74, 6) is 1.28. The average molecular weight is 417 g/mol. The molecule has 160 valence electrons. The van der Waals surface area contributed by atoms with Gasteiger partial charge in [0.2, 0.25) is 0 Å². The van der Waals surface area contributed by atoms with Gasteiger partial charge in [-0.15, -0.1) is 0 Å². The molecule has 0 radical (unpaired) electrons. The molecule has 4 nitrogen and oxygen atoms in total. The molecule has 0 saturated carbocycles. The van der Waals surface area contributed by atoms with Crippen molar-refractivity contribution in [2.75, 3.05) is 20.8 Å². The fourth-order valence-corrected chi connectivity index (χ4v) is 3.52. The molecular formula is C27H28O4. The number of aryl methyl sites for hydroxylation is 1. The number of carbonyl (C=O) groups excluding carboxylic acids is 1. The second-order valence-corrected chi connectivity index (χ2v) is 7.20. The Labute approximate surface area is 184 Å². The van der Waals surface area contributed by atoms with Crippen LogP contribution < -0.4 is 9.47 Å². The number of hydrogen-bond donors (Lipinski definition) is 0. The van der Waals surface area contributed by atoms with Crippen LogP contribution in [-0.4, -0.2) is 26.8 Å². The van der Waals surface area contributed by atoms with E-state index in [0.29, 0.717) is 12.2 Å². The van der Waals surface area contributed by atoms with E-state index < -0.39 is 0 Å². The van der Waals surface area contributed by atoms with E-state index in [1.807, 2.05) is 67.6 Å². The molecule has 3 rings (SSSR count). The molecule has 0 spiro atoms. The largest absolute Gasteiger partial charge is 0.497 e. The zero-order valence-corrected chi connectivity index (χ0v) is 18.3. The van der Waals surface area contributed by atoms with Gasteiger partial charge >= 0.3 is 5.97 Å². The van der Waals surface area contributed by atoms with Crippen molar-refractivity contribution in [3.63, 3.8) is 0 Å². The predicted molar refractivity (Wildman–Crippen MR) is 125 cm³/mol. The summed E-state index contributed by atoms with van der Waals surface area (Å²) in [7, 11) is 3.06. The molecule has 0 amide bonds. The Balaban J connectivity index is 1.81. The van der Waals surface area contributed by atoms with Gasteiger partial charge < -0.3 is 14.2 Å². The first-order valence-electron chi connectivity index (χ1n) is 10.3. The van der Waals surface area contributed by atoms with Crippen LogP contribution in [0.15, 0.2) is 72.8 Å². The molecule has 0 fully saturated rings. The van der Waals surface area contributed by atoms with Gasteiger partial charge in [-0.3, -0.25) is 0 Å². The zero-order chi connectivity index (χ0) is 22.1. The standard InChI is InChI=1S/C27H28O4/c1-20-9-7-13-25(27(28)30-3)26(20)22(19-21-10-5-4-6-11-21)12-8-18-31-24-16-14-23(29-2)15-17-24/h4-7,9-11,13-17,19H,8,12,18H2,1-3H3/b22-19-. The summed E-state index contributed by atoms with van der Waals surface area (Å²) in [4.78, 5) is 12.4. The van der Waals surface area contributed by atoms with E-state index >= 15 is 0 Å². The lowest BCUT2D eigenvalue weighted by atomic mass is 9.90. The number of methoxy groups -OCH3 is 2. The van der Waals surface area contributed by atoms with Crippen LogP contribution in [0.5, 0.6) is 11.5 Å². The molecule has 3 aromatic rings. The van der Waals surface area contributed by atoms with E-state index in [1.165, 1.54) is 7.11 Å². The van der Waals surface area contributed by atoms with E-state index in [2.05, 4.69) is 18.2 Å². The Bertz CT molecular complexity index is 1020. The van der Waals surface area contributed by atoms with Crippen molar-refractivity contribution in [1.29, 1.82) is 0 Å². The molecule has 31 heavy (non-hydrogen) atoms. The zero-order valence-electron chi connectivity index (χ0n) is 18.3. The molecule has 0 atom stereocenters. The number of carbonyl (C=O) groups is 1. The van der Waals surface area contributed by atoms with Crippen molar-refractivity contribution in [1.82, 2.24) is 0 Å². The minimum Gasteiger partial charge on any atom is -0.497 e. The minimum atomic E-state index is -0.327. The van der Waals surface area contributed by atoms with Gasteiger partial charge in [-0.2, -0.15) is 0 Å². The van der Waals surface area contributed by atoms with E-state index in [9.17, 15) is 4.79 Å². The summed E-state index contributed by atoms with van der Waals surface area (Å²) in [6.07, 6.45) is 3.71. The molecule has 0 N–H and O–H groups in total. The summed E-state index contributed by atoms with van der Waals surface area (Å²) in [5, 5.41) is 0. The fourth-order valence-electron chi connectivity index (χ4n) is 3.52. The number of rotatable bonds is 9. The highest BCUT2D eigenvalue weighted by Crippen LogP contribution is 2.30. The smallest absolute Gasteiger partial charge is 0.338 e. The third-order valence-corrected chi connectivity index (χ3v) is 5.06. The molecule has 0 saturated heterocycles. The first-order chi connectivity index (χ1) is 15.1. The van der Waals surface area contributed by atoms with Crippen LogP contribution in [-0.2, 0) is 4.74 Å². The molecule has 0 aromatic heterocycles. The van der Waals surface area contributed by atoms with Gasteiger partial charge in [0.25, 0.3) is 0 Å². The lowest BCUT2D eigenvalue weighted by molar-refractivity contribution is 0.0600. The SMILES string of the molecule is COC(=O)c1cccc(C)c1/C(=C\c1ccccc1)CCCOc1ccc(OC)cc1. The maximum Gasteiger partial charge on any atom is 0.338 e. The summed E-state index contributed by atoms with van der Waals surface area (Å²) in [5.41, 5.74) is 4.74. The number of hydrogen-bond acceptors (Lipinski definition) is 4. The lowest BCUT2D eigenvalue weighted by Crippen LogP contribution is -2.08. The van der Waals surface area contributed by atoms with Crippen LogP contribution in [0.2, 0.25) is 0 Å². The molecule has 3 aromatic carbocycles. The normalized spacial score (nSPS) is 11.1. The highest BCUT2D eigenvalue weighted by atomic mass is 16.5. The van der Waals surface area contributed by atoms with Crippen molar-refractivity contribution in [2.45, 2.75) is 19.8 Å². The van der Waals surface area contributed by atoms with Gasteiger partial charge in [-0.25, -0.2) is 4.79 Å². The average Bonchev–Trinajstić information content (AvgIpc) is 2.81. The summed E-state index contributed by atoms with van der Waals surface area (Å²) >= 11 is 0. The van der Waals surface area contributed by atoms with Gasteiger partial charge in [0.15, 0.2) is 0 Å². The number of esters is 1. The summed E-state index contributed by atoms with van der Waals surface area (Å²) in [6.45, 7) is 2.59. The van der Waals surface area contributed by atoms with Crippen LogP contribution in [0.4, 0.5) is 0 Å². The van der Waals surface area contributed by atoms with Crippen molar-refractivity contribution in [3.8, 4) is 11.5 Å². The number of ether oxygens (including phenoxy) is 3. The Kier molecular flexibility index (Phi) is 7.88. The van der Waals surface area contributed by atoms with Crippen LogP contribution in [0.3, 0.4) is 0 Å². The second kappa shape index (κ2) is 11.0. The van der Waals surface area contributed by atoms with Gasteiger partial charge in [0.05, 0.1) is 26.4 Å². The molecule has 4 heteroatoms. The van der Waals surface area contributed by atoms with Crippen LogP contribution in [0.25, 0.3) is 11.6 Å². The molecule has 0 bridgehead atoms. The van der Waals surface area contributed by atoms with E-state index in [1.54, 1.807) is 7.11 Å². The molecule has 0 aliphatic rings. The summed E-state index contributed by atoms with van der Waals surface area (Å²) in [6, 6.07) is 23.4. The minimum absolute atomic E-state index is 0.327. The highest BCUT2D eigenvalue weighted by molar-refractivity contribution is 5.98. The molecule has 0 unspecified atom stereocenters. The monoisotopic (exact) mass is 416 g/mol. The van der Waals surface area contributed by atoms with Gasteiger partial charge in [-0.05, 0) is 72.4 Å². The van der Waals surface area contributed by atoms with Crippen LogP contribution >= 0.6 is 0 Å². The maximum absolute atomic E-state index is 12.4. The number of allylic oxidation sites excluding steroid dienone is 1. The fraction of sp³-hybridized carbons (Fsp3) is 0.222. The first-order valence-corrected chi connectivity index (χ1v) is 10.3. The summed E-state index contributed by atoms with van der Waals surface area (Å²) < 4.78 is 16.1. The topological polar surface area (TPSA) is 44.8 Å². The Morgan fingerprint density at radius 1 is 0.871 bits per heavy atom. The van der Waals surface area contributed by atoms with Gasteiger partial charge in [-0.1, -0.05) is 48.5 Å². The molecular weight excluding hydrogens is 388 g/mol. The van der Waals surface area contributed by atoms with Crippen molar-refractivity contribution in [2.24, 2.45) is 0 Å². The van der Waals surface area contributed by atoms with Crippen molar-refractivity contribution in [3.05, 3.63) is 95.1 Å². The quantitative estimate of drug-likeness (QED) is 0.237. The van der Waals surface area contributed by atoms with Crippen LogP contribution in [0.1, 0.15) is 39.9 Å². The third kappa shape index (κ3) is 5.98. The Hall–Kier alpha value is -3.53. The van der Waals surface area contributed by atoms with Crippen molar-refractivity contribution < 1.29 is 19.0 Å². The van der Waals surface area contributed by atoms with Gasteiger partial charge in [0, 0.05) is 0 Å². The van der Waals surface area contributed by atoms with Crippen LogP contribution in [0, 0.1) is 6.92 Å². The molecule has 0 aliphatic heterocycles. The highest BCUT2D eigenvalue weighted by Gasteiger charge is 2.17. The lowest BCUT2D eigenvalue weighted by Gasteiger charge is -2.16. The maximum atomic E-state index is 12.4. The molecule has 0 heterocycles.